The summed E-state index contributed by atoms with van der Waals surface area (Å²) in [6.07, 6.45) is 1.74. The number of aromatic nitrogens is 2. The number of carbonyl (C=O) groups is 1. The van der Waals surface area contributed by atoms with Crippen LogP contribution in [-0.2, 0) is 6.54 Å². The number of H-pyrrole nitrogens is 1. The van der Waals surface area contributed by atoms with Crippen LogP contribution >= 0.6 is 0 Å². The molecule has 2 rings (SSSR count). The number of carboxylic acids is 1. The normalized spacial score (nSPS) is 11.2. The molecule has 6 heteroatoms. The number of nitrogens with one attached hydrogen (secondary N) is 1. The summed E-state index contributed by atoms with van der Waals surface area (Å²) in [5, 5.41) is 8.98. The SMILES string of the molecule is CC(C)CCCn1c(=O)c(=O)[nH]c2cc(C(=O)O)ccc21. The van der Waals surface area contributed by atoms with E-state index in [0.717, 1.165) is 12.8 Å². The maximum atomic E-state index is 12.0. The highest BCUT2D eigenvalue weighted by atomic mass is 16.4. The number of rotatable bonds is 5. The third kappa shape index (κ3) is 3.21. The fourth-order valence-electron chi connectivity index (χ4n) is 2.29. The van der Waals surface area contributed by atoms with Crippen LogP contribution in [0.25, 0.3) is 11.0 Å². The van der Waals surface area contributed by atoms with Crippen molar-refractivity contribution in [2.75, 3.05) is 0 Å². The molecule has 21 heavy (non-hydrogen) atoms. The summed E-state index contributed by atoms with van der Waals surface area (Å²) in [5.74, 6) is -0.553. The van der Waals surface area contributed by atoms with Gasteiger partial charge in [-0.15, -0.1) is 0 Å². The van der Waals surface area contributed by atoms with Gasteiger partial charge in [-0.1, -0.05) is 13.8 Å². The minimum atomic E-state index is -1.07. The summed E-state index contributed by atoms with van der Waals surface area (Å²) >= 11 is 0. The Hall–Kier alpha value is -2.37. The lowest BCUT2D eigenvalue weighted by Crippen LogP contribution is -2.36. The topological polar surface area (TPSA) is 92.2 Å². The maximum Gasteiger partial charge on any atom is 0.335 e. The van der Waals surface area contributed by atoms with Gasteiger partial charge >= 0.3 is 17.1 Å². The van der Waals surface area contributed by atoms with Crippen LogP contribution in [0.15, 0.2) is 27.8 Å². The predicted molar refractivity (Wildman–Crippen MR) is 79.9 cm³/mol. The Morgan fingerprint density at radius 1 is 1.33 bits per heavy atom. The van der Waals surface area contributed by atoms with E-state index < -0.39 is 17.1 Å². The van der Waals surface area contributed by atoms with Crippen LogP contribution in [-0.4, -0.2) is 20.6 Å². The first-order valence-corrected chi connectivity index (χ1v) is 6.90. The van der Waals surface area contributed by atoms with Gasteiger partial charge in [0.1, 0.15) is 0 Å². The number of carboxylic acid groups (broad SMARTS) is 1. The number of nitrogens with zero attached hydrogens (tertiary/aromatic N) is 1. The molecule has 6 nitrogen and oxygen atoms in total. The van der Waals surface area contributed by atoms with Crippen LogP contribution in [0.3, 0.4) is 0 Å². The zero-order chi connectivity index (χ0) is 15.6. The molecule has 0 atom stereocenters. The van der Waals surface area contributed by atoms with Crippen molar-refractivity contribution in [3.63, 3.8) is 0 Å². The average Bonchev–Trinajstić information content (AvgIpc) is 2.42. The number of fused-ring (bicyclic) bond motifs is 1. The lowest BCUT2D eigenvalue weighted by atomic mass is 10.1. The van der Waals surface area contributed by atoms with E-state index in [9.17, 15) is 14.4 Å². The van der Waals surface area contributed by atoms with Crippen LogP contribution in [0.5, 0.6) is 0 Å². The second-order valence-electron chi connectivity index (χ2n) is 5.48. The molecule has 0 saturated heterocycles. The van der Waals surface area contributed by atoms with E-state index in [4.69, 9.17) is 5.11 Å². The molecule has 0 saturated carbocycles. The number of aromatic amines is 1. The summed E-state index contributed by atoms with van der Waals surface area (Å²) < 4.78 is 1.42. The largest absolute Gasteiger partial charge is 0.478 e. The van der Waals surface area contributed by atoms with E-state index in [1.54, 1.807) is 6.07 Å². The Balaban J connectivity index is 2.52. The molecule has 2 aromatic rings. The molecule has 1 aromatic carbocycles. The fourth-order valence-corrected chi connectivity index (χ4v) is 2.29. The van der Waals surface area contributed by atoms with E-state index in [2.05, 4.69) is 18.8 Å². The van der Waals surface area contributed by atoms with Gasteiger partial charge in [0.05, 0.1) is 16.6 Å². The number of aryl methyl sites for hydroxylation is 1. The monoisotopic (exact) mass is 290 g/mol. The van der Waals surface area contributed by atoms with Gasteiger partial charge < -0.3 is 14.7 Å². The highest BCUT2D eigenvalue weighted by molar-refractivity contribution is 5.92. The molecule has 0 unspecified atom stereocenters. The highest BCUT2D eigenvalue weighted by Crippen LogP contribution is 2.13. The van der Waals surface area contributed by atoms with E-state index in [-0.39, 0.29) is 5.56 Å². The molecule has 1 aromatic heterocycles. The summed E-state index contributed by atoms with van der Waals surface area (Å²) in [5.41, 5.74) is -0.341. The van der Waals surface area contributed by atoms with Gasteiger partial charge in [0.2, 0.25) is 0 Å². The van der Waals surface area contributed by atoms with Crippen LogP contribution < -0.4 is 11.1 Å². The van der Waals surface area contributed by atoms with Crippen molar-refractivity contribution in [1.82, 2.24) is 9.55 Å². The third-order valence-corrected chi connectivity index (χ3v) is 3.39. The number of benzene rings is 1. The second kappa shape index (κ2) is 5.95. The van der Waals surface area contributed by atoms with Crippen LogP contribution in [0.2, 0.25) is 0 Å². The van der Waals surface area contributed by atoms with Gasteiger partial charge in [0.25, 0.3) is 0 Å². The Kier molecular flexibility index (Phi) is 4.26. The van der Waals surface area contributed by atoms with Crippen molar-refractivity contribution in [3.8, 4) is 0 Å². The van der Waals surface area contributed by atoms with E-state index in [0.29, 0.717) is 23.5 Å². The minimum Gasteiger partial charge on any atom is -0.478 e. The molecule has 0 bridgehead atoms. The van der Waals surface area contributed by atoms with Gasteiger partial charge in [-0.2, -0.15) is 0 Å². The van der Waals surface area contributed by atoms with E-state index >= 15 is 0 Å². The van der Waals surface area contributed by atoms with Crippen molar-refractivity contribution in [2.24, 2.45) is 5.92 Å². The first kappa shape index (κ1) is 15.0. The Bertz CT molecular complexity index is 786. The van der Waals surface area contributed by atoms with Gasteiger partial charge in [0, 0.05) is 6.54 Å². The Morgan fingerprint density at radius 3 is 2.67 bits per heavy atom. The molecular weight excluding hydrogens is 272 g/mol. The van der Waals surface area contributed by atoms with E-state index in [1.165, 1.54) is 16.7 Å². The smallest absolute Gasteiger partial charge is 0.335 e. The lowest BCUT2D eigenvalue weighted by Gasteiger charge is -2.11. The first-order valence-electron chi connectivity index (χ1n) is 6.90. The predicted octanol–water partition coefficient (Wildman–Crippen LogP) is 1.82. The molecule has 0 radical (unpaired) electrons. The molecule has 0 aliphatic rings. The van der Waals surface area contributed by atoms with Gasteiger partial charge in [0.15, 0.2) is 0 Å². The van der Waals surface area contributed by atoms with Crippen molar-refractivity contribution < 1.29 is 9.90 Å². The zero-order valence-corrected chi connectivity index (χ0v) is 12.0. The molecule has 0 aliphatic heterocycles. The van der Waals surface area contributed by atoms with Gasteiger partial charge in [-0.25, -0.2) is 4.79 Å². The van der Waals surface area contributed by atoms with Crippen LogP contribution in [0, 0.1) is 5.92 Å². The number of hydrogen-bond acceptors (Lipinski definition) is 3. The minimum absolute atomic E-state index is 0.0746. The zero-order valence-electron chi connectivity index (χ0n) is 12.0. The molecular formula is C15H18N2O4. The maximum absolute atomic E-state index is 12.0. The summed E-state index contributed by atoms with van der Waals surface area (Å²) in [6, 6.07) is 4.37. The van der Waals surface area contributed by atoms with Crippen molar-refractivity contribution in [3.05, 3.63) is 44.5 Å². The van der Waals surface area contributed by atoms with Gasteiger partial charge in [-0.3, -0.25) is 9.59 Å². The average molecular weight is 290 g/mol. The van der Waals surface area contributed by atoms with Crippen LogP contribution in [0.1, 0.15) is 37.0 Å². The summed E-state index contributed by atoms with van der Waals surface area (Å²) in [6.45, 7) is 4.64. The number of aromatic carboxylic acids is 1. The Morgan fingerprint density at radius 2 is 2.05 bits per heavy atom. The molecule has 0 aliphatic carbocycles. The van der Waals surface area contributed by atoms with E-state index in [1.807, 2.05) is 0 Å². The highest BCUT2D eigenvalue weighted by Gasteiger charge is 2.10. The standard InChI is InChI=1S/C15H18N2O4/c1-9(2)4-3-7-17-12-6-5-10(15(20)21)8-11(12)16-13(18)14(17)19/h5-6,8-9H,3-4,7H2,1-2H3,(H,16,18)(H,20,21). The lowest BCUT2D eigenvalue weighted by molar-refractivity contribution is 0.0697. The molecule has 0 amide bonds. The van der Waals surface area contributed by atoms with Gasteiger partial charge in [-0.05, 0) is 37.0 Å². The molecule has 112 valence electrons. The molecule has 1 heterocycles. The third-order valence-electron chi connectivity index (χ3n) is 3.39. The van der Waals surface area contributed by atoms with Crippen molar-refractivity contribution >= 4 is 17.0 Å². The quantitative estimate of drug-likeness (QED) is 0.822. The molecule has 2 N–H and O–H groups in total. The van der Waals surface area contributed by atoms with Crippen molar-refractivity contribution in [2.45, 2.75) is 33.2 Å². The summed E-state index contributed by atoms with van der Waals surface area (Å²) in [4.78, 5) is 37.1. The van der Waals surface area contributed by atoms with Crippen LogP contribution in [0.4, 0.5) is 0 Å². The Labute approximate surface area is 121 Å². The van der Waals surface area contributed by atoms with Crippen molar-refractivity contribution in [1.29, 1.82) is 0 Å². The fraction of sp³-hybridized carbons (Fsp3) is 0.400. The summed E-state index contributed by atoms with van der Waals surface area (Å²) in [7, 11) is 0. The molecule has 0 spiro atoms. The molecule has 0 fully saturated rings. The number of hydrogen-bond donors (Lipinski definition) is 2. The first-order chi connectivity index (χ1) is 9.90. The second-order valence-corrected chi connectivity index (χ2v) is 5.48.